The van der Waals surface area contributed by atoms with Crippen molar-refractivity contribution in [3.05, 3.63) is 59.2 Å². The standard InChI is InChI=1S/C24H21FN4O2S/c1-15-11-16(5-7-19(15)27-4)28-21(30)23(2,3)29(22(28)32)17-6-8-20(18(25)12-17)31-14-24(13-26)9-10-24/h5-8,11-12H,9-10,14H2,1-3H3. The number of benzene rings is 2. The number of ether oxygens (including phenoxy) is 1. The van der Waals surface area contributed by atoms with E-state index in [1.165, 1.54) is 17.0 Å². The Morgan fingerprint density at radius 2 is 1.94 bits per heavy atom. The molecule has 1 aliphatic carbocycles. The highest BCUT2D eigenvalue weighted by Gasteiger charge is 2.50. The topological polar surface area (TPSA) is 60.9 Å². The van der Waals surface area contributed by atoms with E-state index in [0.29, 0.717) is 17.1 Å². The van der Waals surface area contributed by atoms with Gasteiger partial charge in [-0.15, -0.1) is 0 Å². The SMILES string of the molecule is [C-]#[N+]c1ccc(N2C(=O)C(C)(C)N(c3ccc(OCC4(C#N)CC4)c(F)c3)C2=S)cc1C. The second-order valence-corrected chi connectivity index (χ2v) is 9.06. The molecule has 1 saturated heterocycles. The number of hydrogen-bond donors (Lipinski definition) is 0. The molecule has 32 heavy (non-hydrogen) atoms. The third-order valence-electron chi connectivity index (χ3n) is 6.00. The predicted octanol–water partition coefficient (Wildman–Crippen LogP) is 5.28. The summed E-state index contributed by atoms with van der Waals surface area (Å²) in [5.74, 6) is -0.771. The molecule has 6 nitrogen and oxygen atoms in total. The highest BCUT2D eigenvalue weighted by atomic mass is 32.1. The minimum Gasteiger partial charge on any atom is -0.489 e. The highest BCUT2D eigenvalue weighted by Crippen LogP contribution is 2.45. The van der Waals surface area contributed by atoms with Crippen molar-refractivity contribution in [2.75, 3.05) is 16.4 Å². The molecule has 0 atom stereocenters. The van der Waals surface area contributed by atoms with Crippen LogP contribution in [0.5, 0.6) is 5.75 Å². The lowest BCUT2D eigenvalue weighted by atomic mass is 10.0. The lowest BCUT2D eigenvalue weighted by Crippen LogP contribution is -2.44. The van der Waals surface area contributed by atoms with Gasteiger partial charge >= 0.3 is 0 Å². The van der Waals surface area contributed by atoms with Gasteiger partial charge < -0.3 is 9.64 Å². The first-order chi connectivity index (χ1) is 15.1. The number of rotatable bonds is 5. The van der Waals surface area contributed by atoms with Gasteiger partial charge in [-0.2, -0.15) is 5.26 Å². The molecule has 2 aliphatic rings. The Morgan fingerprint density at radius 1 is 1.25 bits per heavy atom. The Bertz CT molecular complexity index is 1220. The van der Waals surface area contributed by atoms with Crippen LogP contribution in [0.25, 0.3) is 4.85 Å². The molecule has 162 valence electrons. The van der Waals surface area contributed by atoms with Crippen molar-refractivity contribution in [3.8, 4) is 11.8 Å². The first-order valence-electron chi connectivity index (χ1n) is 10.1. The summed E-state index contributed by atoms with van der Waals surface area (Å²) < 4.78 is 20.4. The van der Waals surface area contributed by atoms with E-state index in [-0.39, 0.29) is 23.4 Å². The molecule has 0 N–H and O–H groups in total. The molecule has 2 fully saturated rings. The molecule has 0 aromatic heterocycles. The number of carbonyl (C=O) groups excluding carboxylic acids is 1. The van der Waals surface area contributed by atoms with Crippen LogP contribution >= 0.6 is 12.2 Å². The number of nitriles is 1. The molecule has 2 aromatic carbocycles. The molecule has 0 radical (unpaired) electrons. The van der Waals surface area contributed by atoms with E-state index in [0.717, 1.165) is 18.4 Å². The van der Waals surface area contributed by atoms with Gasteiger partial charge in [-0.05, 0) is 75.7 Å². The molecule has 8 heteroatoms. The number of nitrogens with zero attached hydrogens (tertiary/aromatic N) is 4. The molecule has 0 unspecified atom stereocenters. The quantitative estimate of drug-likeness (QED) is 0.460. The van der Waals surface area contributed by atoms with Crippen LogP contribution in [-0.4, -0.2) is 23.2 Å². The van der Waals surface area contributed by atoms with Crippen molar-refractivity contribution in [2.45, 2.75) is 39.2 Å². The van der Waals surface area contributed by atoms with Crippen LogP contribution in [0.4, 0.5) is 21.5 Å². The minimum absolute atomic E-state index is 0.0618. The first-order valence-corrected chi connectivity index (χ1v) is 10.5. The average Bonchev–Trinajstić information content (AvgIpc) is 3.50. The van der Waals surface area contributed by atoms with E-state index in [9.17, 15) is 14.4 Å². The lowest BCUT2D eigenvalue weighted by molar-refractivity contribution is -0.120. The molecule has 1 heterocycles. The van der Waals surface area contributed by atoms with E-state index in [1.807, 2.05) is 0 Å². The van der Waals surface area contributed by atoms with E-state index >= 15 is 0 Å². The van der Waals surface area contributed by atoms with Gasteiger partial charge in [0.05, 0.1) is 18.1 Å². The van der Waals surface area contributed by atoms with Gasteiger partial charge in [-0.1, -0.05) is 6.07 Å². The second-order valence-electron chi connectivity index (χ2n) is 8.70. The van der Waals surface area contributed by atoms with Crippen LogP contribution in [-0.2, 0) is 4.79 Å². The van der Waals surface area contributed by atoms with Gasteiger partial charge in [0.2, 0.25) is 0 Å². The molecule has 0 spiro atoms. The number of halogens is 1. The van der Waals surface area contributed by atoms with Gasteiger partial charge in [-0.3, -0.25) is 9.69 Å². The van der Waals surface area contributed by atoms with Crippen LogP contribution in [0.3, 0.4) is 0 Å². The minimum atomic E-state index is -1.04. The molecule has 0 bridgehead atoms. The van der Waals surface area contributed by atoms with Gasteiger partial charge in [-0.25, -0.2) is 9.24 Å². The highest BCUT2D eigenvalue weighted by molar-refractivity contribution is 7.81. The Balaban J connectivity index is 1.63. The Hall–Kier alpha value is -3.49. The van der Waals surface area contributed by atoms with Crippen molar-refractivity contribution in [3.63, 3.8) is 0 Å². The molecule has 2 aromatic rings. The van der Waals surface area contributed by atoms with Gasteiger partial charge in [0.1, 0.15) is 12.1 Å². The Labute approximate surface area is 191 Å². The summed E-state index contributed by atoms with van der Waals surface area (Å²) in [6.45, 7) is 12.6. The summed E-state index contributed by atoms with van der Waals surface area (Å²) >= 11 is 5.64. The zero-order valence-electron chi connectivity index (χ0n) is 18.0. The summed E-state index contributed by atoms with van der Waals surface area (Å²) in [5.41, 5.74) is 0.685. The second kappa shape index (κ2) is 7.58. The van der Waals surface area contributed by atoms with Crippen molar-refractivity contribution in [1.29, 1.82) is 5.26 Å². The van der Waals surface area contributed by atoms with E-state index < -0.39 is 16.8 Å². The molecular weight excluding hydrogens is 427 g/mol. The van der Waals surface area contributed by atoms with Crippen LogP contribution in [0, 0.1) is 36.1 Å². The normalized spacial score (nSPS) is 18.3. The number of thiocarbonyl (C=S) groups is 1. The third-order valence-corrected chi connectivity index (χ3v) is 6.36. The molecule has 4 rings (SSSR count). The summed E-state index contributed by atoms with van der Waals surface area (Å²) in [6.07, 6.45) is 1.52. The summed E-state index contributed by atoms with van der Waals surface area (Å²) in [5, 5.41) is 9.40. The Morgan fingerprint density at radius 3 is 2.50 bits per heavy atom. The number of anilines is 2. The summed E-state index contributed by atoms with van der Waals surface area (Å²) in [6, 6.07) is 11.8. The largest absolute Gasteiger partial charge is 0.489 e. The molecule has 1 aliphatic heterocycles. The van der Waals surface area contributed by atoms with Crippen LogP contribution < -0.4 is 14.5 Å². The fourth-order valence-corrected chi connectivity index (χ4v) is 4.28. The van der Waals surface area contributed by atoms with Crippen LogP contribution in [0.15, 0.2) is 36.4 Å². The number of carbonyl (C=O) groups is 1. The smallest absolute Gasteiger partial charge is 0.259 e. The van der Waals surface area contributed by atoms with Gasteiger partial charge in [0.15, 0.2) is 22.4 Å². The Kier molecular flexibility index (Phi) is 5.15. The van der Waals surface area contributed by atoms with E-state index in [2.05, 4.69) is 10.9 Å². The maximum absolute atomic E-state index is 14.8. The number of amides is 1. The average molecular weight is 449 g/mol. The fourth-order valence-electron chi connectivity index (χ4n) is 3.76. The molecular formula is C24H21FN4O2S. The maximum atomic E-state index is 14.8. The predicted molar refractivity (Wildman–Crippen MR) is 123 cm³/mol. The van der Waals surface area contributed by atoms with Gasteiger partial charge in [0, 0.05) is 17.4 Å². The van der Waals surface area contributed by atoms with Crippen molar-refractivity contribution in [1.82, 2.24) is 0 Å². The number of hydrogen-bond acceptors (Lipinski definition) is 4. The lowest BCUT2D eigenvalue weighted by Gasteiger charge is -2.29. The zero-order valence-corrected chi connectivity index (χ0v) is 18.8. The maximum Gasteiger partial charge on any atom is 0.259 e. The van der Waals surface area contributed by atoms with Crippen LogP contribution in [0.1, 0.15) is 32.3 Å². The third kappa shape index (κ3) is 3.47. The van der Waals surface area contributed by atoms with E-state index in [1.54, 1.807) is 49.9 Å². The van der Waals surface area contributed by atoms with Crippen molar-refractivity contribution in [2.24, 2.45) is 5.41 Å². The zero-order chi connectivity index (χ0) is 23.3. The van der Waals surface area contributed by atoms with Crippen molar-refractivity contribution < 1.29 is 13.9 Å². The van der Waals surface area contributed by atoms with E-state index in [4.69, 9.17) is 23.5 Å². The molecule has 1 saturated carbocycles. The monoisotopic (exact) mass is 448 g/mol. The van der Waals surface area contributed by atoms with Gasteiger partial charge in [0.25, 0.3) is 5.91 Å². The van der Waals surface area contributed by atoms with Crippen molar-refractivity contribution >= 4 is 40.3 Å². The summed E-state index contributed by atoms with van der Waals surface area (Å²) in [7, 11) is 0. The first kappa shape index (κ1) is 21.7. The fraction of sp³-hybridized carbons (Fsp3) is 0.333. The summed E-state index contributed by atoms with van der Waals surface area (Å²) in [4.78, 5) is 19.8. The van der Waals surface area contributed by atoms with Crippen LogP contribution in [0.2, 0.25) is 0 Å². The number of aryl methyl sites for hydroxylation is 1. The molecule has 1 amide bonds.